The van der Waals surface area contributed by atoms with Gasteiger partial charge >= 0.3 is 0 Å². The first-order valence-electron chi connectivity index (χ1n) is 12.2. The van der Waals surface area contributed by atoms with E-state index in [1.54, 1.807) is 35.2 Å². The average molecular weight is 612 g/mol. The number of nitrogens with one attached hydrogen (secondary N) is 1. The quantitative estimate of drug-likeness (QED) is 0.226. The molecule has 3 aromatic rings. The lowest BCUT2D eigenvalue weighted by Crippen LogP contribution is -2.51. The molecule has 0 saturated heterocycles. The normalized spacial score (nSPS) is 11.9. The molecule has 0 heterocycles. The Morgan fingerprint density at radius 1 is 0.868 bits per heavy atom. The second kappa shape index (κ2) is 15.0. The molecule has 1 N–H and O–H groups in total. The first-order chi connectivity index (χ1) is 18.1. The predicted octanol–water partition coefficient (Wildman–Crippen LogP) is 7.95. The van der Waals surface area contributed by atoms with Crippen molar-refractivity contribution >= 4 is 70.0 Å². The maximum Gasteiger partial charge on any atom is 0.243 e. The third-order valence-electron chi connectivity index (χ3n) is 5.79. The van der Waals surface area contributed by atoms with Crippen molar-refractivity contribution in [3.8, 4) is 0 Å². The van der Waals surface area contributed by atoms with E-state index in [0.29, 0.717) is 44.4 Å². The Morgan fingerprint density at radius 3 is 2.26 bits per heavy atom. The van der Waals surface area contributed by atoms with Crippen molar-refractivity contribution < 1.29 is 9.59 Å². The Labute approximate surface area is 249 Å². The summed E-state index contributed by atoms with van der Waals surface area (Å²) in [6.07, 6.45) is 0.374. The van der Waals surface area contributed by atoms with E-state index in [1.807, 2.05) is 50.2 Å². The minimum atomic E-state index is -0.721. The smallest absolute Gasteiger partial charge is 0.243 e. The van der Waals surface area contributed by atoms with Gasteiger partial charge in [-0.05, 0) is 46.9 Å². The molecular formula is C29H30Cl4N2O2S. The number of hydrogen-bond acceptors (Lipinski definition) is 3. The van der Waals surface area contributed by atoms with Gasteiger partial charge in [-0.1, -0.05) is 103 Å². The molecule has 3 rings (SSSR count). The second-order valence-electron chi connectivity index (χ2n) is 9.34. The Kier molecular flexibility index (Phi) is 12.1. The molecule has 0 aliphatic heterocycles. The van der Waals surface area contributed by atoms with Gasteiger partial charge in [0.1, 0.15) is 6.04 Å². The maximum absolute atomic E-state index is 13.7. The minimum Gasteiger partial charge on any atom is -0.354 e. The third-order valence-corrected chi connectivity index (χ3v) is 8.10. The van der Waals surface area contributed by atoms with Crippen molar-refractivity contribution in [2.75, 3.05) is 12.3 Å². The van der Waals surface area contributed by atoms with Gasteiger partial charge in [-0.3, -0.25) is 9.59 Å². The summed E-state index contributed by atoms with van der Waals surface area (Å²) in [5.74, 6) is 0.653. The third kappa shape index (κ3) is 9.39. The number of carbonyl (C=O) groups is 2. The van der Waals surface area contributed by atoms with E-state index >= 15 is 0 Å². The second-order valence-corrected chi connectivity index (χ2v) is 12.0. The predicted molar refractivity (Wildman–Crippen MR) is 161 cm³/mol. The fourth-order valence-electron chi connectivity index (χ4n) is 3.78. The number of rotatable bonds is 12. The molecule has 1 atom stereocenters. The van der Waals surface area contributed by atoms with Gasteiger partial charge < -0.3 is 10.2 Å². The minimum absolute atomic E-state index is 0.165. The number of nitrogens with zero attached hydrogens (tertiary/aromatic N) is 1. The van der Waals surface area contributed by atoms with Crippen molar-refractivity contribution in [3.05, 3.63) is 104 Å². The molecule has 0 unspecified atom stereocenters. The van der Waals surface area contributed by atoms with Gasteiger partial charge in [-0.2, -0.15) is 0 Å². The summed E-state index contributed by atoms with van der Waals surface area (Å²) in [5, 5.41) is 4.93. The molecule has 38 heavy (non-hydrogen) atoms. The Bertz CT molecular complexity index is 1240. The van der Waals surface area contributed by atoms with Crippen LogP contribution in [0.3, 0.4) is 0 Å². The summed E-state index contributed by atoms with van der Waals surface area (Å²) in [6.45, 7) is 4.75. The molecule has 3 aromatic carbocycles. The summed E-state index contributed by atoms with van der Waals surface area (Å²) >= 11 is 26.2. The zero-order valence-corrected chi connectivity index (χ0v) is 25.1. The monoisotopic (exact) mass is 610 g/mol. The average Bonchev–Trinajstić information content (AvgIpc) is 2.88. The number of benzene rings is 3. The lowest BCUT2D eigenvalue weighted by Gasteiger charge is -2.32. The van der Waals surface area contributed by atoms with Crippen molar-refractivity contribution in [1.29, 1.82) is 0 Å². The van der Waals surface area contributed by atoms with E-state index in [0.717, 1.165) is 11.1 Å². The van der Waals surface area contributed by atoms with Gasteiger partial charge in [0.2, 0.25) is 11.8 Å². The van der Waals surface area contributed by atoms with Crippen molar-refractivity contribution in [2.45, 2.75) is 38.6 Å². The zero-order chi connectivity index (χ0) is 27.7. The van der Waals surface area contributed by atoms with Crippen molar-refractivity contribution in [2.24, 2.45) is 5.92 Å². The van der Waals surface area contributed by atoms with Gasteiger partial charge in [0.05, 0.1) is 15.8 Å². The van der Waals surface area contributed by atoms with Gasteiger partial charge in [0.25, 0.3) is 0 Å². The Hall–Kier alpha value is -1.89. The van der Waals surface area contributed by atoms with Crippen LogP contribution in [0.5, 0.6) is 0 Å². The van der Waals surface area contributed by atoms with Gasteiger partial charge in [-0.25, -0.2) is 0 Å². The summed E-state index contributed by atoms with van der Waals surface area (Å²) in [4.78, 5) is 28.8. The van der Waals surface area contributed by atoms with Crippen LogP contribution in [0.15, 0.2) is 66.7 Å². The molecule has 0 saturated carbocycles. The lowest BCUT2D eigenvalue weighted by atomic mass is 10.0. The van der Waals surface area contributed by atoms with Crippen LogP contribution in [0, 0.1) is 5.92 Å². The fraction of sp³-hybridized carbons (Fsp3) is 0.310. The highest BCUT2D eigenvalue weighted by atomic mass is 35.5. The Morgan fingerprint density at radius 2 is 1.61 bits per heavy atom. The molecule has 202 valence electrons. The van der Waals surface area contributed by atoms with Crippen LogP contribution in [0.25, 0.3) is 0 Å². The van der Waals surface area contributed by atoms with Crippen molar-refractivity contribution in [3.63, 3.8) is 0 Å². The molecular weight excluding hydrogens is 582 g/mol. The topological polar surface area (TPSA) is 49.4 Å². The molecule has 0 bridgehead atoms. The number of carbonyl (C=O) groups excluding carboxylic acids is 2. The zero-order valence-electron chi connectivity index (χ0n) is 21.2. The number of amides is 2. The standard InChI is InChI=1S/C29H30Cl4N2O2S/c1-19(2)15-34-29(37)27(13-20-6-4-3-5-7-20)35(16-22-9-10-23(30)14-25(22)32)28(36)18-38-17-21-8-11-24(31)26(33)12-21/h3-12,14,19,27H,13,15-18H2,1-2H3,(H,34,37)/t27-/m0/s1. The van der Waals surface area contributed by atoms with Crippen LogP contribution in [-0.4, -0.2) is 35.1 Å². The molecule has 9 heteroatoms. The largest absolute Gasteiger partial charge is 0.354 e. The first-order valence-corrected chi connectivity index (χ1v) is 14.9. The van der Waals surface area contributed by atoms with Crippen LogP contribution >= 0.6 is 58.2 Å². The van der Waals surface area contributed by atoms with E-state index in [1.165, 1.54) is 11.8 Å². The number of thioether (sulfide) groups is 1. The van der Waals surface area contributed by atoms with E-state index in [4.69, 9.17) is 46.4 Å². The summed E-state index contributed by atoms with van der Waals surface area (Å²) in [5.41, 5.74) is 2.63. The lowest BCUT2D eigenvalue weighted by molar-refractivity contribution is -0.139. The molecule has 0 aliphatic carbocycles. The molecule has 0 aromatic heterocycles. The van der Waals surface area contributed by atoms with Crippen molar-refractivity contribution in [1.82, 2.24) is 10.2 Å². The summed E-state index contributed by atoms with van der Waals surface area (Å²) < 4.78 is 0. The summed E-state index contributed by atoms with van der Waals surface area (Å²) in [6, 6.07) is 19.6. The van der Waals surface area contributed by atoms with Gasteiger partial charge in [-0.15, -0.1) is 11.8 Å². The van der Waals surface area contributed by atoms with Crippen LogP contribution < -0.4 is 5.32 Å². The van der Waals surface area contributed by atoms with E-state index < -0.39 is 6.04 Å². The fourth-order valence-corrected chi connectivity index (χ4v) is 5.43. The molecule has 0 spiro atoms. The molecule has 4 nitrogen and oxygen atoms in total. The van der Waals surface area contributed by atoms with Gasteiger partial charge in [0, 0.05) is 35.3 Å². The van der Waals surface area contributed by atoms with Crippen LogP contribution in [-0.2, 0) is 28.3 Å². The van der Waals surface area contributed by atoms with Crippen LogP contribution in [0.1, 0.15) is 30.5 Å². The van der Waals surface area contributed by atoms with Crippen LogP contribution in [0.4, 0.5) is 0 Å². The molecule has 2 amide bonds. The first kappa shape index (κ1) is 30.6. The molecule has 0 fully saturated rings. The highest BCUT2D eigenvalue weighted by Crippen LogP contribution is 2.27. The number of halogens is 4. The molecule has 0 radical (unpaired) electrons. The highest BCUT2D eigenvalue weighted by Gasteiger charge is 2.30. The molecule has 0 aliphatic rings. The van der Waals surface area contributed by atoms with Crippen LogP contribution in [0.2, 0.25) is 20.1 Å². The highest BCUT2D eigenvalue weighted by molar-refractivity contribution is 7.99. The summed E-state index contributed by atoms with van der Waals surface area (Å²) in [7, 11) is 0. The Balaban J connectivity index is 1.87. The SMILES string of the molecule is CC(C)CNC(=O)[C@H](Cc1ccccc1)N(Cc1ccc(Cl)cc1Cl)C(=O)CSCc1ccc(Cl)c(Cl)c1. The van der Waals surface area contributed by atoms with E-state index in [2.05, 4.69) is 5.32 Å². The van der Waals surface area contributed by atoms with E-state index in [-0.39, 0.29) is 30.0 Å². The number of hydrogen-bond donors (Lipinski definition) is 1. The maximum atomic E-state index is 13.7. The van der Waals surface area contributed by atoms with Gasteiger partial charge in [0.15, 0.2) is 0 Å². The van der Waals surface area contributed by atoms with E-state index in [9.17, 15) is 9.59 Å².